The number of carbonyl (C=O) groups is 1. The number of rotatable bonds is 13. The number of anilines is 4. The summed E-state index contributed by atoms with van der Waals surface area (Å²) in [5, 5.41) is 16.4. The number of piperidine rings is 1. The van der Waals surface area contributed by atoms with Gasteiger partial charge in [0.15, 0.2) is 17.7 Å². The van der Waals surface area contributed by atoms with Crippen molar-refractivity contribution in [3.05, 3.63) is 99.7 Å². The molecule has 2 saturated carbocycles. The molecule has 5 aromatic rings. The average Bonchev–Trinajstić information content (AvgIpc) is 4.27. The van der Waals surface area contributed by atoms with Crippen molar-refractivity contribution in [1.82, 2.24) is 19.6 Å². The van der Waals surface area contributed by atoms with Crippen molar-refractivity contribution in [3.8, 4) is 11.6 Å². The van der Waals surface area contributed by atoms with Crippen LogP contribution in [0.5, 0.6) is 11.6 Å². The Kier molecular flexibility index (Phi) is 13.3. The summed E-state index contributed by atoms with van der Waals surface area (Å²) in [6.45, 7) is 8.09. The van der Waals surface area contributed by atoms with E-state index in [1.165, 1.54) is 30.9 Å². The summed E-state index contributed by atoms with van der Waals surface area (Å²) in [6.07, 6.45) is 6.74. The van der Waals surface area contributed by atoms with Gasteiger partial charge in [-0.1, -0.05) is 24.3 Å². The van der Waals surface area contributed by atoms with Gasteiger partial charge in [0.05, 0.1) is 52.0 Å². The van der Waals surface area contributed by atoms with E-state index in [1.54, 1.807) is 19.2 Å². The number of ether oxygens (including phenoxy) is 4. The van der Waals surface area contributed by atoms with Crippen LogP contribution in [0, 0.1) is 22.5 Å². The molecule has 7 heterocycles. The number of phosphoric ester groups is 1. The zero-order chi connectivity index (χ0) is 54.5. The topological polar surface area (TPSA) is 260 Å². The minimum atomic E-state index is -4.85. The summed E-state index contributed by atoms with van der Waals surface area (Å²) in [5.41, 5.74) is 1.55. The Morgan fingerprint density at radius 3 is 2.51 bits per heavy atom. The molecule has 416 valence electrons. The second kappa shape index (κ2) is 19.7. The van der Waals surface area contributed by atoms with Crippen molar-refractivity contribution < 1.29 is 60.3 Å². The quantitative estimate of drug-likeness (QED) is 0.0320. The Balaban J connectivity index is 0.798. The van der Waals surface area contributed by atoms with Gasteiger partial charge in [0.2, 0.25) is 5.88 Å². The molecule has 21 nitrogen and oxygen atoms in total. The molecule has 5 aliphatic heterocycles. The number of benzene rings is 3. The van der Waals surface area contributed by atoms with Crippen LogP contribution >= 0.6 is 7.82 Å². The molecule has 3 aromatic carbocycles. The monoisotopic (exact) mass is 1110 g/mol. The zero-order valence-corrected chi connectivity index (χ0v) is 45.3. The van der Waals surface area contributed by atoms with Gasteiger partial charge >= 0.3 is 7.82 Å². The number of aryl methyl sites for hydroxylation is 1. The molecule has 5 fully saturated rings. The Bertz CT molecular complexity index is 3340. The van der Waals surface area contributed by atoms with Gasteiger partial charge in [-0.15, -0.1) is 0 Å². The molecule has 0 bridgehead atoms. The Morgan fingerprint density at radius 1 is 1.00 bits per heavy atom. The largest absolute Gasteiger partial charge is 0.489 e. The van der Waals surface area contributed by atoms with Crippen molar-refractivity contribution >= 4 is 63.2 Å². The number of phosphoric acid groups is 1. The summed E-state index contributed by atoms with van der Waals surface area (Å²) in [4.78, 5) is 59.4. The fourth-order valence-electron chi connectivity index (χ4n) is 13.5. The van der Waals surface area contributed by atoms with E-state index in [9.17, 15) is 37.7 Å². The van der Waals surface area contributed by atoms with Gasteiger partial charge in [0.25, 0.3) is 21.6 Å². The number of aromatic nitrogens is 2. The highest BCUT2D eigenvalue weighted by molar-refractivity contribution is 7.90. The van der Waals surface area contributed by atoms with Crippen LogP contribution in [0.1, 0.15) is 106 Å². The number of hydrogen-bond donors (Lipinski definition) is 5. The number of sulfonamides is 1. The SMILES string of the molecule is Cc1ccccc1[C@@H]1CCCN1C1CC2(CCN(c3ccc(C(=O)NS(=O)(=O)c4cc5c(c([N+](=O)[O-])c4)N[C@H](C4(F)CCC(C)(O[C@H](C)OP(=O)(O)O)CC4)CO5)c(N4c5cc6cc[nH]c6nc5O[C@@H]5COC[C@H]54)c3)CC2)C1. The molecule has 1 spiro atoms. The lowest BCUT2D eigenvalue weighted by atomic mass is 9.59. The highest BCUT2D eigenvalue weighted by atomic mass is 32.2. The number of halogens is 1. The van der Waals surface area contributed by atoms with Crippen LogP contribution < -0.4 is 29.3 Å². The molecule has 0 radical (unpaired) electrons. The second-order valence-electron chi connectivity index (χ2n) is 22.6. The smallest absolute Gasteiger partial charge is 0.471 e. The molecule has 12 rings (SSSR count). The van der Waals surface area contributed by atoms with Crippen LogP contribution in [0.15, 0.2) is 77.8 Å². The third kappa shape index (κ3) is 9.87. The number of nitrogens with one attached hydrogen (secondary N) is 3. The number of nitro benzene ring substituents is 1. The van der Waals surface area contributed by atoms with Crippen LogP contribution in [-0.2, 0) is 28.6 Å². The van der Waals surface area contributed by atoms with E-state index in [0.29, 0.717) is 35.0 Å². The number of nitrogens with zero attached hydrogens (tertiary/aromatic N) is 5. The third-order valence-corrected chi connectivity index (χ3v) is 19.6. The lowest BCUT2D eigenvalue weighted by Gasteiger charge is -2.56. The highest BCUT2D eigenvalue weighted by Gasteiger charge is 2.52. The van der Waals surface area contributed by atoms with E-state index in [-0.39, 0.29) is 67.9 Å². The Morgan fingerprint density at radius 2 is 1.77 bits per heavy atom. The molecule has 1 amide bonds. The van der Waals surface area contributed by atoms with Crippen LogP contribution in [0.3, 0.4) is 0 Å². The molecule has 5 atom stereocenters. The van der Waals surface area contributed by atoms with E-state index < -0.39 is 75.0 Å². The maximum Gasteiger partial charge on any atom is 0.471 e. The number of hydrogen-bond acceptors (Lipinski definition) is 16. The minimum Gasteiger partial charge on any atom is -0.489 e. The first kappa shape index (κ1) is 52.8. The Hall–Kier alpha value is -5.91. The van der Waals surface area contributed by atoms with E-state index >= 15 is 4.39 Å². The number of pyridine rings is 1. The lowest BCUT2D eigenvalue weighted by molar-refractivity contribution is -0.384. The molecular weight excluding hydrogens is 1050 g/mol. The summed E-state index contributed by atoms with van der Waals surface area (Å²) in [6, 6.07) is 19.3. The first-order valence-corrected chi connectivity index (χ1v) is 29.8. The predicted molar refractivity (Wildman–Crippen MR) is 286 cm³/mol. The number of likely N-dealkylation sites (tertiary alicyclic amines) is 1. The molecule has 24 heteroatoms. The first-order valence-electron chi connectivity index (χ1n) is 26.8. The molecule has 3 saturated heterocycles. The van der Waals surface area contributed by atoms with Crippen molar-refractivity contribution in [2.24, 2.45) is 5.41 Å². The maximum absolute atomic E-state index is 16.8. The van der Waals surface area contributed by atoms with Gasteiger partial charge in [-0.2, -0.15) is 4.98 Å². The summed E-state index contributed by atoms with van der Waals surface area (Å²) in [7, 11) is -9.70. The number of fused-ring (bicyclic) bond motifs is 4. The molecule has 2 aromatic heterocycles. The number of nitro groups is 1. The summed E-state index contributed by atoms with van der Waals surface area (Å²) < 4.78 is 87.9. The first-order chi connectivity index (χ1) is 37.2. The van der Waals surface area contributed by atoms with Gasteiger partial charge in [-0.05, 0) is 138 Å². The van der Waals surface area contributed by atoms with E-state index in [2.05, 4.69) is 60.5 Å². The number of H-pyrrole nitrogens is 1. The highest BCUT2D eigenvalue weighted by Crippen LogP contribution is 2.55. The molecular formula is C54H64FN8O13PS. The number of aromatic amines is 1. The van der Waals surface area contributed by atoms with Gasteiger partial charge in [-0.3, -0.25) is 24.3 Å². The number of alkyl halides is 1. The molecule has 2 aliphatic carbocycles. The van der Waals surface area contributed by atoms with Crippen LogP contribution in [0.2, 0.25) is 0 Å². The van der Waals surface area contributed by atoms with Crippen LogP contribution in [0.4, 0.5) is 32.8 Å². The van der Waals surface area contributed by atoms with Crippen molar-refractivity contribution in [3.63, 3.8) is 0 Å². The number of amides is 1. The van der Waals surface area contributed by atoms with Crippen LogP contribution in [0.25, 0.3) is 11.0 Å². The fraction of sp³-hybridized carbons (Fsp3) is 0.519. The maximum atomic E-state index is 16.8. The Labute approximate surface area is 450 Å². The molecule has 7 aliphatic rings. The lowest BCUT2D eigenvalue weighted by Crippen LogP contribution is -2.55. The fourth-order valence-corrected chi connectivity index (χ4v) is 14.9. The minimum absolute atomic E-state index is 0.0124. The predicted octanol–water partition coefficient (Wildman–Crippen LogP) is 8.47. The zero-order valence-electron chi connectivity index (χ0n) is 43.6. The van der Waals surface area contributed by atoms with E-state index in [1.807, 2.05) is 29.2 Å². The van der Waals surface area contributed by atoms with Gasteiger partial charge in [0, 0.05) is 54.6 Å². The van der Waals surface area contributed by atoms with Gasteiger partial charge in [-0.25, -0.2) is 22.1 Å². The van der Waals surface area contributed by atoms with E-state index in [0.717, 1.165) is 68.5 Å². The standard InChI is InChI=1S/C54H64FN8O13PS/c1-32-7-4-5-8-38(32)40-9-6-20-61(40)36-27-53(28-36)17-21-60(22-18-53)35-10-11-39(41(24-35)62-43-23-34-12-19-56-49(34)58-51(43)74-46-30-72-29-44(46)62)50(64)59-78(70,71)37-25-42(63(65)66)48-45(26-37)73-31-47(57-48)54(55)15-13-52(3,14-16-54)75-33(2)76-77(67,68)69/h4-5,7-8,10-12,19,23-26,33,36,40,44,46-47,57H,6,9,13-18,20-22,27-31H2,1-3H3,(H,56,58)(H,59,64)(H2,67,68,69)/t33-,40-,44+,46+,47-,52?,54?/m0/s1. The normalized spacial score (nSPS) is 27.5. The van der Waals surface area contributed by atoms with Crippen LogP contribution in [-0.4, -0.2) is 125 Å². The number of carbonyl (C=O) groups excluding carboxylic acids is 1. The molecule has 5 N–H and O–H groups in total. The second-order valence-corrected chi connectivity index (χ2v) is 25.5. The summed E-state index contributed by atoms with van der Waals surface area (Å²) in [5.74, 6) is -0.899. The van der Waals surface area contributed by atoms with Crippen molar-refractivity contribution in [1.29, 1.82) is 0 Å². The third-order valence-electron chi connectivity index (χ3n) is 17.7. The van der Waals surface area contributed by atoms with Gasteiger partial charge in [0.1, 0.15) is 29.7 Å². The molecule has 0 unspecified atom stereocenters. The van der Waals surface area contributed by atoms with E-state index in [4.69, 9.17) is 23.9 Å². The average molecular weight is 1120 g/mol. The van der Waals surface area contributed by atoms with Crippen molar-refractivity contribution in [2.45, 2.75) is 138 Å². The van der Waals surface area contributed by atoms with Crippen molar-refractivity contribution in [2.75, 3.05) is 54.6 Å². The molecule has 78 heavy (non-hydrogen) atoms. The van der Waals surface area contributed by atoms with Gasteiger partial charge < -0.3 is 48.8 Å². The summed E-state index contributed by atoms with van der Waals surface area (Å²) >= 11 is 0.